The standard InChI is InChI=1S/C21H17Cl2N5O2/c1-3-30-28-11(2)12-8-15(22)19(16(23)9-12)27-20-13-4-7-25-21(29)18(13)14-10-24-6-5-17(14)26-20/h4-10H,3H2,1-2H3,(H,25,29)(H,26,27)/b28-11+. The van der Waals surface area contributed by atoms with Crippen LogP contribution >= 0.6 is 23.2 Å². The third kappa shape index (κ3) is 3.69. The van der Waals surface area contributed by atoms with Crippen molar-refractivity contribution in [3.63, 3.8) is 0 Å². The molecule has 1 aromatic carbocycles. The highest BCUT2D eigenvalue weighted by atomic mass is 35.5. The number of nitrogens with one attached hydrogen (secondary N) is 2. The molecule has 0 aliphatic carbocycles. The Bertz CT molecular complexity index is 1330. The van der Waals surface area contributed by atoms with Crippen molar-refractivity contribution in [2.45, 2.75) is 13.8 Å². The molecule has 7 nitrogen and oxygen atoms in total. The molecule has 0 amide bonds. The predicted octanol–water partition coefficient (Wildman–Crippen LogP) is 5.28. The maximum Gasteiger partial charge on any atom is 0.256 e. The zero-order valence-electron chi connectivity index (χ0n) is 16.2. The maximum absolute atomic E-state index is 12.5. The second-order valence-electron chi connectivity index (χ2n) is 6.48. The predicted molar refractivity (Wildman–Crippen MR) is 121 cm³/mol. The van der Waals surface area contributed by atoms with Gasteiger partial charge in [0.1, 0.15) is 12.4 Å². The van der Waals surface area contributed by atoms with Crippen LogP contribution in [0.15, 0.2) is 52.8 Å². The number of fused-ring (bicyclic) bond motifs is 3. The van der Waals surface area contributed by atoms with Crippen LogP contribution < -0.4 is 10.9 Å². The fraction of sp³-hybridized carbons (Fsp3) is 0.143. The lowest BCUT2D eigenvalue weighted by Gasteiger charge is -2.14. The summed E-state index contributed by atoms with van der Waals surface area (Å²) < 4.78 is 0. The van der Waals surface area contributed by atoms with Crippen LogP contribution in [0, 0.1) is 0 Å². The number of halogens is 2. The van der Waals surface area contributed by atoms with E-state index in [1.165, 1.54) is 0 Å². The van der Waals surface area contributed by atoms with E-state index in [2.05, 4.69) is 25.4 Å². The number of aromatic amines is 1. The van der Waals surface area contributed by atoms with Gasteiger partial charge in [0.15, 0.2) is 0 Å². The van der Waals surface area contributed by atoms with E-state index < -0.39 is 0 Å². The van der Waals surface area contributed by atoms with Gasteiger partial charge < -0.3 is 15.1 Å². The van der Waals surface area contributed by atoms with Gasteiger partial charge in [-0.15, -0.1) is 0 Å². The SMILES string of the molecule is CCO/N=C(\C)c1cc(Cl)c(Nc2nc3ccncc3c3c(=O)[nH]ccc23)c(Cl)c1. The molecule has 152 valence electrons. The molecule has 0 fully saturated rings. The quantitative estimate of drug-likeness (QED) is 0.249. The molecular formula is C21H17Cl2N5O2. The topological polar surface area (TPSA) is 92.3 Å². The van der Waals surface area contributed by atoms with Gasteiger partial charge >= 0.3 is 0 Å². The summed E-state index contributed by atoms with van der Waals surface area (Å²) in [4.78, 5) is 29.1. The first kappa shape index (κ1) is 20.1. The van der Waals surface area contributed by atoms with Crippen molar-refractivity contribution in [2.75, 3.05) is 11.9 Å². The first-order valence-corrected chi connectivity index (χ1v) is 9.93. The lowest BCUT2D eigenvalue weighted by Crippen LogP contribution is -2.08. The number of oxime groups is 1. The number of aromatic nitrogens is 3. The molecule has 3 heterocycles. The van der Waals surface area contributed by atoms with Crippen LogP contribution in [0.1, 0.15) is 19.4 Å². The average Bonchev–Trinajstić information content (AvgIpc) is 2.74. The van der Waals surface area contributed by atoms with Gasteiger partial charge in [-0.2, -0.15) is 0 Å². The molecule has 0 spiro atoms. The Labute approximate surface area is 181 Å². The zero-order chi connectivity index (χ0) is 21.3. The van der Waals surface area contributed by atoms with E-state index in [1.54, 1.807) is 42.9 Å². The summed E-state index contributed by atoms with van der Waals surface area (Å²) in [5.74, 6) is 0.464. The highest BCUT2D eigenvalue weighted by Crippen LogP contribution is 2.36. The van der Waals surface area contributed by atoms with Gasteiger partial charge in [0, 0.05) is 34.9 Å². The third-order valence-electron chi connectivity index (χ3n) is 4.55. The number of benzene rings is 1. The Hall–Kier alpha value is -3.16. The zero-order valence-corrected chi connectivity index (χ0v) is 17.7. The number of H-pyrrole nitrogens is 1. The van der Waals surface area contributed by atoms with Gasteiger partial charge in [-0.1, -0.05) is 28.4 Å². The lowest BCUT2D eigenvalue weighted by molar-refractivity contribution is 0.159. The number of pyridine rings is 3. The fourth-order valence-electron chi connectivity index (χ4n) is 3.13. The second kappa shape index (κ2) is 8.30. The molecule has 0 saturated heterocycles. The minimum Gasteiger partial charge on any atom is -0.396 e. The van der Waals surface area contributed by atoms with Crippen molar-refractivity contribution in [1.29, 1.82) is 0 Å². The summed E-state index contributed by atoms with van der Waals surface area (Å²) in [6.45, 7) is 4.13. The highest BCUT2D eigenvalue weighted by Gasteiger charge is 2.15. The molecule has 3 aromatic heterocycles. The smallest absolute Gasteiger partial charge is 0.256 e. The first-order valence-electron chi connectivity index (χ1n) is 9.17. The van der Waals surface area contributed by atoms with Crippen LogP contribution in [-0.4, -0.2) is 27.3 Å². The van der Waals surface area contributed by atoms with Crippen molar-refractivity contribution in [3.8, 4) is 0 Å². The fourth-order valence-corrected chi connectivity index (χ4v) is 3.71. The number of hydrogen-bond donors (Lipinski definition) is 2. The molecule has 4 aromatic rings. The Morgan fingerprint density at radius 3 is 2.73 bits per heavy atom. The molecule has 4 rings (SSSR count). The van der Waals surface area contributed by atoms with Crippen molar-refractivity contribution in [3.05, 3.63) is 68.8 Å². The summed E-state index contributed by atoms with van der Waals surface area (Å²) in [5.41, 5.74) is 2.27. The third-order valence-corrected chi connectivity index (χ3v) is 5.15. The molecule has 0 atom stereocenters. The first-order chi connectivity index (χ1) is 14.5. The number of anilines is 2. The lowest BCUT2D eigenvalue weighted by atomic mass is 10.1. The van der Waals surface area contributed by atoms with Crippen molar-refractivity contribution < 1.29 is 4.84 Å². The highest BCUT2D eigenvalue weighted by molar-refractivity contribution is 6.40. The number of hydrogen-bond acceptors (Lipinski definition) is 6. The van der Waals surface area contributed by atoms with Gasteiger partial charge in [-0.3, -0.25) is 9.78 Å². The van der Waals surface area contributed by atoms with Crippen LogP contribution in [0.4, 0.5) is 11.5 Å². The van der Waals surface area contributed by atoms with E-state index in [0.29, 0.717) is 55.5 Å². The van der Waals surface area contributed by atoms with Gasteiger partial charge in [-0.05, 0) is 38.1 Å². The van der Waals surface area contributed by atoms with Crippen molar-refractivity contribution >= 4 is 62.1 Å². The number of nitrogens with zero attached hydrogens (tertiary/aromatic N) is 3. The summed E-state index contributed by atoms with van der Waals surface area (Å²) in [5, 5.41) is 9.76. The average molecular weight is 442 g/mol. The van der Waals surface area contributed by atoms with Gasteiger partial charge in [-0.25, -0.2) is 4.98 Å². The summed E-state index contributed by atoms with van der Waals surface area (Å²) in [7, 11) is 0. The number of rotatable bonds is 5. The van der Waals surface area contributed by atoms with Crippen LogP contribution in [-0.2, 0) is 4.84 Å². The summed E-state index contributed by atoms with van der Waals surface area (Å²) in [6.07, 6.45) is 4.82. The van der Waals surface area contributed by atoms with E-state index in [4.69, 9.17) is 28.0 Å². The van der Waals surface area contributed by atoms with Gasteiger partial charge in [0.05, 0.1) is 32.3 Å². The molecule has 0 aliphatic rings. The summed E-state index contributed by atoms with van der Waals surface area (Å²) >= 11 is 13.0. The molecule has 9 heteroatoms. The van der Waals surface area contributed by atoms with Crippen molar-refractivity contribution in [2.24, 2.45) is 5.16 Å². The molecule has 0 unspecified atom stereocenters. The normalized spacial score (nSPS) is 11.8. The van der Waals surface area contributed by atoms with E-state index in [0.717, 1.165) is 5.56 Å². The Kier molecular flexibility index (Phi) is 5.57. The van der Waals surface area contributed by atoms with Crippen molar-refractivity contribution in [1.82, 2.24) is 15.0 Å². The van der Waals surface area contributed by atoms with E-state index in [1.807, 2.05) is 13.8 Å². The van der Waals surface area contributed by atoms with E-state index in [-0.39, 0.29) is 5.56 Å². The minimum atomic E-state index is -0.230. The minimum absolute atomic E-state index is 0.230. The van der Waals surface area contributed by atoms with E-state index >= 15 is 0 Å². The Balaban J connectivity index is 1.85. The molecule has 0 bridgehead atoms. The van der Waals surface area contributed by atoms with Gasteiger partial charge in [0.25, 0.3) is 5.56 Å². The monoisotopic (exact) mass is 441 g/mol. The molecular weight excluding hydrogens is 425 g/mol. The molecule has 0 radical (unpaired) electrons. The molecule has 0 aliphatic heterocycles. The molecule has 2 N–H and O–H groups in total. The van der Waals surface area contributed by atoms with Gasteiger partial charge in [0.2, 0.25) is 0 Å². The van der Waals surface area contributed by atoms with E-state index in [9.17, 15) is 4.79 Å². The molecule has 0 saturated carbocycles. The molecule has 30 heavy (non-hydrogen) atoms. The summed E-state index contributed by atoms with van der Waals surface area (Å²) in [6, 6.07) is 7.00. The van der Waals surface area contributed by atoms with Crippen LogP contribution in [0.25, 0.3) is 21.7 Å². The van der Waals surface area contributed by atoms with Crippen LogP contribution in [0.5, 0.6) is 0 Å². The Morgan fingerprint density at radius 1 is 1.23 bits per heavy atom. The second-order valence-corrected chi connectivity index (χ2v) is 7.30. The van der Waals surface area contributed by atoms with Crippen LogP contribution in [0.2, 0.25) is 10.0 Å². The largest absolute Gasteiger partial charge is 0.396 e. The Morgan fingerprint density at radius 2 is 2.00 bits per heavy atom. The maximum atomic E-state index is 12.5. The van der Waals surface area contributed by atoms with Crippen LogP contribution in [0.3, 0.4) is 0 Å².